The molecule has 1 aliphatic carbocycles. The Hall–Kier alpha value is -1.46. The van der Waals surface area contributed by atoms with Gasteiger partial charge >= 0.3 is 5.51 Å². The highest BCUT2D eigenvalue weighted by atomic mass is 32.2. The first-order chi connectivity index (χ1) is 11.8. The number of rotatable bonds is 5. The zero-order chi connectivity index (χ0) is 18.2. The summed E-state index contributed by atoms with van der Waals surface area (Å²) in [6.07, 6.45) is 0.955. The van der Waals surface area contributed by atoms with E-state index in [0.717, 1.165) is 12.0 Å². The fraction of sp³-hybridized carbons (Fsp3) is 0.400. The van der Waals surface area contributed by atoms with Gasteiger partial charge in [0.05, 0.1) is 6.10 Å². The second-order valence-corrected chi connectivity index (χ2v) is 7.84. The van der Waals surface area contributed by atoms with Crippen LogP contribution < -0.4 is 0 Å². The van der Waals surface area contributed by atoms with Crippen molar-refractivity contribution < 1.29 is 17.9 Å². The highest BCUT2D eigenvalue weighted by Gasteiger charge is 2.44. The number of methoxy groups -OCH3 is 1. The van der Waals surface area contributed by atoms with Crippen molar-refractivity contribution in [2.75, 3.05) is 7.11 Å². The number of benzene rings is 2. The summed E-state index contributed by atoms with van der Waals surface area (Å²) < 4.78 is 43.0. The maximum atomic E-state index is 12.4. The standard InChI is InChI=1S/C20H21F3OS/c1-12-8-13(2)10-15(9-12)17-11-18(17)19(24-3)14-4-6-16(7-5-14)25-20(21,22)23/h4-10,17-19H,11H2,1-3H3. The number of thioether (sulfide) groups is 1. The van der Waals surface area contributed by atoms with E-state index in [0.29, 0.717) is 11.8 Å². The summed E-state index contributed by atoms with van der Waals surface area (Å²) in [5.41, 5.74) is 0.512. The van der Waals surface area contributed by atoms with Crippen molar-refractivity contribution in [2.45, 2.75) is 42.7 Å². The lowest BCUT2D eigenvalue weighted by Gasteiger charge is -2.17. The number of aryl methyl sites for hydroxylation is 2. The molecule has 0 aromatic heterocycles. The highest BCUT2D eigenvalue weighted by molar-refractivity contribution is 8.00. The lowest BCUT2D eigenvalue weighted by molar-refractivity contribution is -0.0328. The quantitative estimate of drug-likeness (QED) is 0.566. The zero-order valence-corrected chi connectivity index (χ0v) is 15.2. The molecule has 0 bridgehead atoms. The van der Waals surface area contributed by atoms with Crippen LogP contribution in [0.5, 0.6) is 0 Å². The largest absolute Gasteiger partial charge is 0.446 e. The van der Waals surface area contributed by atoms with E-state index in [1.54, 1.807) is 19.2 Å². The minimum atomic E-state index is -4.26. The summed E-state index contributed by atoms with van der Waals surface area (Å²) in [6.45, 7) is 4.19. The van der Waals surface area contributed by atoms with Gasteiger partial charge in [-0.15, -0.1) is 0 Å². The number of hydrogen-bond donors (Lipinski definition) is 0. The molecule has 1 saturated carbocycles. The maximum absolute atomic E-state index is 12.4. The van der Waals surface area contributed by atoms with Crippen LogP contribution in [0.4, 0.5) is 13.2 Å². The molecule has 0 saturated heterocycles. The Morgan fingerprint density at radius 1 is 1.04 bits per heavy atom. The van der Waals surface area contributed by atoms with Gasteiger partial charge in [0, 0.05) is 12.0 Å². The van der Waals surface area contributed by atoms with Crippen LogP contribution >= 0.6 is 11.8 Å². The zero-order valence-electron chi connectivity index (χ0n) is 14.4. The molecule has 3 atom stereocenters. The Morgan fingerprint density at radius 3 is 2.16 bits per heavy atom. The topological polar surface area (TPSA) is 9.23 Å². The van der Waals surface area contributed by atoms with Gasteiger partial charge in [-0.25, -0.2) is 0 Å². The summed E-state index contributed by atoms with van der Waals surface area (Å²) >= 11 is -0.0874. The van der Waals surface area contributed by atoms with Gasteiger partial charge in [0.25, 0.3) is 0 Å². The van der Waals surface area contributed by atoms with Gasteiger partial charge in [0.2, 0.25) is 0 Å². The highest BCUT2D eigenvalue weighted by Crippen LogP contribution is 2.55. The first kappa shape index (κ1) is 18.3. The van der Waals surface area contributed by atoms with Crippen LogP contribution in [-0.2, 0) is 4.74 Å². The van der Waals surface area contributed by atoms with Crippen molar-refractivity contribution in [3.8, 4) is 0 Å². The molecule has 0 heterocycles. The number of ether oxygens (including phenoxy) is 1. The predicted octanol–water partition coefficient (Wildman–Crippen LogP) is 6.41. The van der Waals surface area contributed by atoms with Crippen molar-refractivity contribution in [3.63, 3.8) is 0 Å². The van der Waals surface area contributed by atoms with E-state index in [2.05, 4.69) is 32.0 Å². The number of halogens is 3. The van der Waals surface area contributed by atoms with Crippen molar-refractivity contribution in [1.29, 1.82) is 0 Å². The van der Waals surface area contributed by atoms with Crippen molar-refractivity contribution in [1.82, 2.24) is 0 Å². The Labute approximate surface area is 150 Å². The summed E-state index contributed by atoms with van der Waals surface area (Å²) in [4.78, 5) is 0.202. The van der Waals surface area contributed by atoms with E-state index in [-0.39, 0.29) is 22.8 Å². The van der Waals surface area contributed by atoms with Crippen LogP contribution in [0.3, 0.4) is 0 Å². The van der Waals surface area contributed by atoms with Gasteiger partial charge in [-0.3, -0.25) is 0 Å². The average molecular weight is 366 g/mol. The third-order valence-electron chi connectivity index (χ3n) is 4.60. The summed E-state index contributed by atoms with van der Waals surface area (Å²) in [5.74, 6) is 0.820. The summed E-state index contributed by atoms with van der Waals surface area (Å²) in [6, 6.07) is 13.1. The first-order valence-electron chi connectivity index (χ1n) is 8.23. The van der Waals surface area contributed by atoms with Gasteiger partial charge in [0.1, 0.15) is 0 Å². The van der Waals surface area contributed by atoms with Crippen LogP contribution in [0.25, 0.3) is 0 Å². The number of hydrogen-bond acceptors (Lipinski definition) is 2. The molecule has 134 valence electrons. The van der Waals surface area contributed by atoms with Crippen LogP contribution in [0.15, 0.2) is 47.4 Å². The SMILES string of the molecule is COC(c1ccc(SC(F)(F)F)cc1)C1CC1c1cc(C)cc(C)c1. The lowest BCUT2D eigenvalue weighted by atomic mass is 9.99. The third kappa shape index (κ3) is 4.59. The molecule has 3 unspecified atom stereocenters. The van der Waals surface area contributed by atoms with Gasteiger partial charge in [-0.1, -0.05) is 41.5 Å². The molecular formula is C20H21F3OS. The van der Waals surface area contributed by atoms with Gasteiger partial charge in [-0.05, 0) is 67.1 Å². The molecule has 3 rings (SSSR count). The van der Waals surface area contributed by atoms with Crippen molar-refractivity contribution in [3.05, 3.63) is 64.7 Å². The molecule has 1 nitrogen and oxygen atoms in total. The molecule has 1 fully saturated rings. The average Bonchev–Trinajstić information content (AvgIpc) is 3.28. The van der Waals surface area contributed by atoms with E-state index in [9.17, 15) is 13.2 Å². The van der Waals surface area contributed by atoms with Gasteiger partial charge < -0.3 is 4.74 Å². The number of alkyl halides is 3. The molecule has 0 spiro atoms. The van der Waals surface area contributed by atoms with E-state index in [1.165, 1.54) is 28.8 Å². The normalized spacial score (nSPS) is 21.2. The molecule has 0 amide bonds. The molecule has 0 aliphatic heterocycles. The Morgan fingerprint density at radius 2 is 1.64 bits per heavy atom. The Kier molecular flexibility index (Phi) is 5.16. The fourth-order valence-electron chi connectivity index (χ4n) is 3.57. The predicted molar refractivity (Wildman–Crippen MR) is 94.9 cm³/mol. The van der Waals surface area contributed by atoms with Crippen LogP contribution in [0.1, 0.15) is 40.7 Å². The Bertz CT molecular complexity index is 719. The first-order valence-corrected chi connectivity index (χ1v) is 9.05. The molecule has 0 N–H and O–H groups in total. The third-order valence-corrected chi connectivity index (χ3v) is 5.34. The van der Waals surface area contributed by atoms with Crippen LogP contribution in [0.2, 0.25) is 0 Å². The lowest BCUT2D eigenvalue weighted by Crippen LogP contribution is -2.05. The van der Waals surface area contributed by atoms with E-state index < -0.39 is 5.51 Å². The smallest absolute Gasteiger partial charge is 0.376 e. The molecule has 0 radical (unpaired) electrons. The van der Waals surface area contributed by atoms with Crippen molar-refractivity contribution >= 4 is 11.8 Å². The second kappa shape index (κ2) is 7.04. The minimum Gasteiger partial charge on any atom is -0.376 e. The Balaban J connectivity index is 1.73. The molecule has 2 aromatic carbocycles. The van der Waals surface area contributed by atoms with Gasteiger partial charge in [0.15, 0.2) is 0 Å². The maximum Gasteiger partial charge on any atom is 0.446 e. The summed E-state index contributed by atoms with van der Waals surface area (Å²) in [7, 11) is 1.67. The molecule has 5 heteroatoms. The van der Waals surface area contributed by atoms with E-state index >= 15 is 0 Å². The van der Waals surface area contributed by atoms with Gasteiger partial charge in [-0.2, -0.15) is 13.2 Å². The molecular weight excluding hydrogens is 345 g/mol. The van der Waals surface area contributed by atoms with E-state index in [4.69, 9.17) is 4.74 Å². The summed E-state index contributed by atoms with van der Waals surface area (Å²) in [5, 5.41) is 0. The minimum absolute atomic E-state index is 0.0873. The fourth-order valence-corrected chi connectivity index (χ4v) is 4.11. The van der Waals surface area contributed by atoms with Crippen LogP contribution in [0, 0.1) is 19.8 Å². The molecule has 2 aromatic rings. The second-order valence-electron chi connectivity index (χ2n) is 6.70. The monoisotopic (exact) mass is 366 g/mol. The van der Waals surface area contributed by atoms with E-state index in [1.807, 2.05) is 0 Å². The van der Waals surface area contributed by atoms with Crippen LogP contribution in [-0.4, -0.2) is 12.6 Å². The van der Waals surface area contributed by atoms with Crippen molar-refractivity contribution in [2.24, 2.45) is 5.92 Å². The molecule has 25 heavy (non-hydrogen) atoms. The molecule has 1 aliphatic rings.